The summed E-state index contributed by atoms with van der Waals surface area (Å²) < 4.78 is 2.99. The van der Waals surface area contributed by atoms with Crippen LogP contribution in [-0.2, 0) is 11.8 Å². The quantitative estimate of drug-likeness (QED) is 0.757. The van der Waals surface area contributed by atoms with E-state index < -0.39 is 0 Å². The SMILES string of the molecule is Cn1c(SCC(=O)N2CCCC2)nnc1-c1cc(Br)cs1. The van der Waals surface area contributed by atoms with Crippen molar-refractivity contribution in [1.82, 2.24) is 19.7 Å². The van der Waals surface area contributed by atoms with Crippen molar-refractivity contribution < 1.29 is 4.79 Å². The van der Waals surface area contributed by atoms with Gasteiger partial charge in [-0.1, -0.05) is 11.8 Å². The number of halogens is 1. The molecular weight excluding hydrogens is 372 g/mol. The van der Waals surface area contributed by atoms with E-state index in [-0.39, 0.29) is 5.91 Å². The minimum Gasteiger partial charge on any atom is -0.342 e. The molecular formula is C13H15BrN4OS2. The fourth-order valence-corrected chi connectivity index (χ4v) is 4.53. The number of hydrogen-bond acceptors (Lipinski definition) is 5. The van der Waals surface area contributed by atoms with Crippen LogP contribution in [0.4, 0.5) is 0 Å². The van der Waals surface area contributed by atoms with Crippen LogP contribution in [0.25, 0.3) is 10.7 Å². The lowest BCUT2D eigenvalue weighted by Gasteiger charge is -2.14. The third-order valence-electron chi connectivity index (χ3n) is 3.41. The normalized spacial score (nSPS) is 14.9. The summed E-state index contributed by atoms with van der Waals surface area (Å²) in [6.45, 7) is 1.79. The lowest BCUT2D eigenvalue weighted by atomic mass is 10.4. The van der Waals surface area contributed by atoms with Gasteiger partial charge in [0, 0.05) is 30.0 Å². The van der Waals surface area contributed by atoms with Crippen LogP contribution in [0.2, 0.25) is 0 Å². The minimum absolute atomic E-state index is 0.195. The van der Waals surface area contributed by atoms with Crippen LogP contribution in [0.15, 0.2) is 21.1 Å². The van der Waals surface area contributed by atoms with E-state index in [9.17, 15) is 4.79 Å². The molecule has 0 N–H and O–H groups in total. The van der Waals surface area contributed by atoms with Crippen molar-refractivity contribution in [2.45, 2.75) is 18.0 Å². The van der Waals surface area contributed by atoms with Gasteiger partial charge in [0.2, 0.25) is 5.91 Å². The summed E-state index contributed by atoms with van der Waals surface area (Å²) in [5, 5.41) is 11.2. The third kappa shape index (κ3) is 3.32. The summed E-state index contributed by atoms with van der Waals surface area (Å²) in [6.07, 6.45) is 2.25. The molecule has 3 heterocycles. The van der Waals surface area contributed by atoms with Crippen molar-refractivity contribution in [2.24, 2.45) is 7.05 Å². The summed E-state index contributed by atoms with van der Waals surface area (Å²) in [6, 6.07) is 2.03. The standard InChI is InChI=1S/C13H15BrN4OS2/c1-17-12(10-6-9(14)7-20-10)15-16-13(17)21-8-11(19)18-4-2-3-5-18/h6-7H,2-5,8H2,1H3. The van der Waals surface area contributed by atoms with Crippen molar-refractivity contribution in [2.75, 3.05) is 18.8 Å². The topological polar surface area (TPSA) is 51.0 Å². The number of thiophene rings is 1. The van der Waals surface area contributed by atoms with Crippen LogP contribution in [0.5, 0.6) is 0 Å². The summed E-state index contributed by atoms with van der Waals surface area (Å²) >= 11 is 6.52. The Labute approximate surface area is 139 Å². The Balaban J connectivity index is 1.66. The molecule has 1 aliphatic heterocycles. The molecule has 1 fully saturated rings. The smallest absolute Gasteiger partial charge is 0.233 e. The van der Waals surface area contributed by atoms with Crippen LogP contribution in [-0.4, -0.2) is 44.4 Å². The number of likely N-dealkylation sites (tertiary alicyclic amines) is 1. The number of aromatic nitrogens is 3. The van der Waals surface area contributed by atoms with Gasteiger partial charge in [-0.25, -0.2) is 0 Å². The van der Waals surface area contributed by atoms with Gasteiger partial charge in [-0.2, -0.15) is 0 Å². The molecule has 2 aromatic rings. The maximum atomic E-state index is 12.1. The van der Waals surface area contributed by atoms with Crippen LogP contribution < -0.4 is 0 Å². The van der Waals surface area contributed by atoms with E-state index in [4.69, 9.17) is 0 Å². The Morgan fingerprint density at radius 3 is 2.86 bits per heavy atom. The van der Waals surface area contributed by atoms with E-state index in [0.717, 1.165) is 46.3 Å². The van der Waals surface area contributed by atoms with E-state index in [1.807, 2.05) is 28.0 Å². The Morgan fingerprint density at radius 1 is 1.43 bits per heavy atom. The predicted molar refractivity (Wildman–Crippen MR) is 88.6 cm³/mol. The molecule has 0 radical (unpaired) electrons. The van der Waals surface area contributed by atoms with Gasteiger partial charge in [-0.05, 0) is 34.8 Å². The molecule has 5 nitrogen and oxygen atoms in total. The van der Waals surface area contributed by atoms with Gasteiger partial charge in [0.25, 0.3) is 0 Å². The fraction of sp³-hybridized carbons (Fsp3) is 0.462. The monoisotopic (exact) mass is 386 g/mol. The number of rotatable bonds is 4. The van der Waals surface area contributed by atoms with Crippen molar-refractivity contribution in [1.29, 1.82) is 0 Å². The van der Waals surface area contributed by atoms with E-state index in [1.54, 1.807) is 11.3 Å². The molecule has 0 unspecified atom stereocenters. The van der Waals surface area contributed by atoms with Gasteiger partial charge in [-0.3, -0.25) is 4.79 Å². The molecule has 0 aliphatic carbocycles. The summed E-state index contributed by atoms with van der Waals surface area (Å²) in [5.74, 6) is 1.46. The van der Waals surface area contributed by atoms with Gasteiger partial charge < -0.3 is 9.47 Å². The second-order valence-electron chi connectivity index (χ2n) is 4.87. The molecule has 1 amide bonds. The Morgan fingerprint density at radius 2 is 2.19 bits per heavy atom. The molecule has 0 bridgehead atoms. The first-order chi connectivity index (χ1) is 10.1. The first kappa shape index (κ1) is 15.1. The molecule has 112 valence electrons. The van der Waals surface area contributed by atoms with Gasteiger partial charge >= 0.3 is 0 Å². The van der Waals surface area contributed by atoms with E-state index >= 15 is 0 Å². The van der Waals surface area contributed by atoms with Crippen LogP contribution in [0.3, 0.4) is 0 Å². The molecule has 3 rings (SSSR count). The molecule has 8 heteroatoms. The van der Waals surface area contributed by atoms with Crippen LogP contribution in [0, 0.1) is 0 Å². The van der Waals surface area contributed by atoms with Crippen LogP contribution in [0.1, 0.15) is 12.8 Å². The van der Waals surface area contributed by atoms with E-state index in [1.165, 1.54) is 11.8 Å². The Kier molecular flexibility index (Phi) is 4.66. The average molecular weight is 387 g/mol. The molecule has 0 saturated carbocycles. The number of carbonyl (C=O) groups is 1. The van der Waals surface area contributed by atoms with Crippen molar-refractivity contribution in [3.8, 4) is 10.7 Å². The molecule has 1 aliphatic rings. The molecule has 2 aromatic heterocycles. The highest BCUT2D eigenvalue weighted by atomic mass is 79.9. The van der Waals surface area contributed by atoms with Crippen molar-refractivity contribution >= 4 is 44.9 Å². The van der Waals surface area contributed by atoms with Crippen LogP contribution >= 0.6 is 39.0 Å². The second-order valence-corrected chi connectivity index (χ2v) is 7.64. The molecule has 0 atom stereocenters. The third-order valence-corrected chi connectivity index (χ3v) is 6.10. The zero-order valence-corrected chi connectivity index (χ0v) is 14.8. The highest BCUT2D eigenvalue weighted by Crippen LogP contribution is 2.30. The minimum atomic E-state index is 0.195. The van der Waals surface area contributed by atoms with Gasteiger partial charge in [-0.15, -0.1) is 21.5 Å². The molecule has 21 heavy (non-hydrogen) atoms. The molecule has 1 saturated heterocycles. The number of nitrogens with zero attached hydrogens (tertiary/aromatic N) is 4. The molecule has 0 spiro atoms. The Bertz CT molecular complexity index is 648. The van der Waals surface area contributed by atoms with Crippen molar-refractivity contribution in [3.05, 3.63) is 15.9 Å². The second kappa shape index (κ2) is 6.50. The Hall–Kier alpha value is -0.860. The largest absolute Gasteiger partial charge is 0.342 e. The van der Waals surface area contributed by atoms with Gasteiger partial charge in [0.1, 0.15) is 0 Å². The summed E-state index contributed by atoms with van der Waals surface area (Å²) in [5.41, 5.74) is 0. The fourth-order valence-electron chi connectivity index (χ4n) is 2.27. The summed E-state index contributed by atoms with van der Waals surface area (Å²) in [7, 11) is 1.94. The highest BCUT2D eigenvalue weighted by Gasteiger charge is 2.19. The molecule has 0 aromatic carbocycles. The van der Waals surface area contributed by atoms with Crippen molar-refractivity contribution in [3.63, 3.8) is 0 Å². The number of thioether (sulfide) groups is 1. The first-order valence-electron chi connectivity index (χ1n) is 6.69. The zero-order valence-electron chi connectivity index (χ0n) is 11.6. The van der Waals surface area contributed by atoms with E-state index in [2.05, 4.69) is 26.1 Å². The lowest BCUT2D eigenvalue weighted by Crippen LogP contribution is -2.29. The van der Waals surface area contributed by atoms with E-state index in [0.29, 0.717) is 5.75 Å². The summed E-state index contributed by atoms with van der Waals surface area (Å²) in [4.78, 5) is 15.0. The van der Waals surface area contributed by atoms with Gasteiger partial charge in [0.15, 0.2) is 11.0 Å². The average Bonchev–Trinajstić information content (AvgIpc) is 3.18. The van der Waals surface area contributed by atoms with Gasteiger partial charge in [0.05, 0.1) is 10.6 Å². The maximum absolute atomic E-state index is 12.1. The predicted octanol–water partition coefficient (Wildman–Crippen LogP) is 3.02. The lowest BCUT2D eigenvalue weighted by molar-refractivity contribution is -0.127. The maximum Gasteiger partial charge on any atom is 0.233 e. The number of hydrogen-bond donors (Lipinski definition) is 0. The number of amides is 1. The number of carbonyl (C=O) groups excluding carboxylic acids is 1. The first-order valence-corrected chi connectivity index (χ1v) is 9.35. The zero-order chi connectivity index (χ0) is 14.8. The highest BCUT2D eigenvalue weighted by molar-refractivity contribution is 9.10.